The predicted octanol–water partition coefficient (Wildman–Crippen LogP) is 2.16. The van der Waals surface area contributed by atoms with E-state index in [1.807, 2.05) is 13.8 Å². The maximum absolute atomic E-state index is 11.8. The summed E-state index contributed by atoms with van der Waals surface area (Å²) >= 11 is 3.32. The van der Waals surface area contributed by atoms with E-state index >= 15 is 0 Å². The first-order chi connectivity index (χ1) is 7.09. The lowest BCUT2D eigenvalue weighted by atomic mass is 10.4. The molecule has 5 heteroatoms. The Hall–Kier alpha value is -0.840. The zero-order chi connectivity index (χ0) is 11.0. The molecule has 1 aromatic rings. The summed E-state index contributed by atoms with van der Waals surface area (Å²) in [6.07, 6.45) is 4.07. The van der Waals surface area contributed by atoms with E-state index in [0.29, 0.717) is 10.5 Å². The van der Waals surface area contributed by atoms with Gasteiger partial charge in [-0.25, -0.2) is 4.68 Å². The van der Waals surface area contributed by atoms with Crippen molar-refractivity contribution in [1.82, 2.24) is 9.78 Å². The fourth-order valence-corrected chi connectivity index (χ4v) is 1.76. The van der Waals surface area contributed by atoms with E-state index in [0.717, 1.165) is 5.69 Å². The van der Waals surface area contributed by atoms with Crippen LogP contribution in [0.4, 0.5) is 5.69 Å². The van der Waals surface area contributed by atoms with Gasteiger partial charge in [0.15, 0.2) is 0 Å². The standard InChI is InChI=1S/C10H14BrN3O/c1-6(2)14-10(15)9(11)8(5-12-14)13-7-3-4-7/h5-7,13H,3-4H2,1-2H3. The molecule has 1 heterocycles. The average molecular weight is 272 g/mol. The molecule has 2 rings (SSSR count). The Kier molecular flexibility index (Phi) is 2.82. The van der Waals surface area contributed by atoms with Crippen molar-refractivity contribution in [1.29, 1.82) is 0 Å². The Morgan fingerprint density at radius 2 is 2.27 bits per heavy atom. The lowest BCUT2D eigenvalue weighted by Gasteiger charge is -2.11. The minimum atomic E-state index is -0.0735. The normalized spacial score (nSPS) is 15.7. The molecule has 0 aliphatic heterocycles. The highest BCUT2D eigenvalue weighted by Gasteiger charge is 2.22. The largest absolute Gasteiger partial charge is 0.380 e. The molecular formula is C10H14BrN3O. The topological polar surface area (TPSA) is 46.9 Å². The number of hydrogen-bond donors (Lipinski definition) is 1. The first kappa shape index (κ1) is 10.7. The van der Waals surface area contributed by atoms with Gasteiger partial charge in [0.05, 0.1) is 17.9 Å². The van der Waals surface area contributed by atoms with Crippen LogP contribution < -0.4 is 10.9 Å². The van der Waals surface area contributed by atoms with E-state index in [2.05, 4.69) is 26.3 Å². The predicted molar refractivity (Wildman–Crippen MR) is 63.2 cm³/mol. The third kappa shape index (κ3) is 2.22. The average Bonchev–Trinajstić information content (AvgIpc) is 2.96. The summed E-state index contributed by atoms with van der Waals surface area (Å²) in [5, 5.41) is 7.40. The van der Waals surface area contributed by atoms with E-state index in [9.17, 15) is 4.79 Å². The van der Waals surface area contributed by atoms with E-state index in [1.165, 1.54) is 17.5 Å². The Labute approximate surface area is 96.8 Å². The second-order valence-electron chi connectivity index (χ2n) is 4.13. The Balaban J connectivity index is 2.34. The van der Waals surface area contributed by atoms with Gasteiger partial charge in [-0.3, -0.25) is 4.79 Å². The molecule has 0 bridgehead atoms. The molecule has 0 radical (unpaired) electrons. The molecule has 1 aliphatic carbocycles. The van der Waals surface area contributed by atoms with Crippen molar-refractivity contribution >= 4 is 21.6 Å². The van der Waals surface area contributed by atoms with E-state index in [-0.39, 0.29) is 11.6 Å². The van der Waals surface area contributed by atoms with Crippen LogP contribution in [0, 0.1) is 0 Å². The minimum absolute atomic E-state index is 0.0735. The Bertz CT molecular complexity index is 423. The molecule has 0 spiro atoms. The van der Waals surface area contributed by atoms with Crippen molar-refractivity contribution in [2.24, 2.45) is 0 Å². The van der Waals surface area contributed by atoms with Gasteiger partial charge in [-0.15, -0.1) is 0 Å². The molecule has 0 saturated heterocycles. The van der Waals surface area contributed by atoms with Crippen molar-refractivity contribution in [3.8, 4) is 0 Å². The fraction of sp³-hybridized carbons (Fsp3) is 0.600. The van der Waals surface area contributed by atoms with Gasteiger partial charge in [0.25, 0.3) is 5.56 Å². The third-order valence-electron chi connectivity index (χ3n) is 2.37. The van der Waals surface area contributed by atoms with Crippen LogP contribution >= 0.6 is 15.9 Å². The number of hydrogen-bond acceptors (Lipinski definition) is 3. The van der Waals surface area contributed by atoms with Crippen molar-refractivity contribution in [3.05, 3.63) is 21.0 Å². The van der Waals surface area contributed by atoms with Crippen molar-refractivity contribution < 1.29 is 0 Å². The summed E-state index contributed by atoms with van der Waals surface area (Å²) in [4.78, 5) is 11.8. The SMILES string of the molecule is CC(C)n1ncc(NC2CC2)c(Br)c1=O. The van der Waals surface area contributed by atoms with Gasteiger partial charge in [-0.2, -0.15) is 5.10 Å². The highest BCUT2D eigenvalue weighted by Crippen LogP contribution is 2.27. The summed E-state index contributed by atoms with van der Waals surface area (Å²) < 4.78 is 2.06. The molecule has 1 aliphatic rings. The summed E-state index contributed by atoms with van der Waals surface area (Å²) in [5.41, 5.74) is 0.732. The molecule has 4 nitrogen and oxygen atoms in total. The molecule has 1 aromatic heterocycles. The van der Waals surface area contributed by atoms with Crippen LogP contribution in [-0.4, -0.2) is 15.8 Å². The molecule has 0 amide bonds. The Morgan fingerprint density at radius 3 is 2.80 bits per heavy atom. The minimum Gasteiger partial charge on any atom is -0.380 e. The van der Waals surface area contributed by atoms with Crippen LogP contribution in [0.5, 0.6) is 0 Å². The number of nitrogens with zero attached hydrogens (tertiary/aromatic N) is 2. The molecule has 82 valence electrons. The van der Waals surface area contributed by atoms with Gasteiger partial charge in [0, 0.05) is 6.04 Å². The van der Waals surface area contributed by atoms with Crippen LogP contribution in [0.15, 0.2) is 15.5 Å². The van der Waals surface area contributed by atoms with E-state index < -0.39 is 0 Å². The summed E-state index contributed by atoms with van der Waals surface area (Å²) in [6.45, 7) is 3.88. The first-order valence-electron chi connectivity index (χ1n) is 5.13. The van der Waals surface area contributed by atoms with Gasteiger partial charge in [0.2, 0.25) is 0 Å². The lowest BCUT2D eigenvalue weighted by molar-refractivity contribution is 0.501. The second-order valence-corrected chi connectivity index (χ2v) is 4.93. The number of nitrogens with one attached hydrogen (secondary N) is 1. The van der Waals surface area contributed by atoms with Gasteiger partial charge < -0.3 is 5.32 Å². The summed E-state index contributed by atoms with van der Waals surface area (Å²) in [6, 6.07) is 0.612. The van der Waals surface area contributed by atoms with Crippen LogP contribution in [-0.2, 0) is 0 Å². The maximum atomic E-state index is 11.8. The molecule has 0 aromatic carbocycles. The van der Waals surface area contributed by atoms with Crippen molar-refractivity contribution in [3.63, 3.8) is 0 Å². The molecule has 0 unspecified atom stereocenters. The number of aromatic nitrogens is 2. The molecule has 1 saturated carbocycles. The smallest absolute Gasteiger partial charge is 0.283 e. The quantitative estimate of drug-likeness (QED) is 0.917. The highest BCUT2D eigenvalue weighted by atomic mass is 79.9. The van der Waals surface area contributed by atoms with Crippen LogP contribution in [0.1, 0.15) is 32.7 Å². The maximum Gasteiger partial charge on any atom is 0.283 e. The zero-order valence-corrected chi connectivity index (χ0v) is 10.4. The molecular weight excluding hydrogens is 258 g/mol. The third-order valence-corrected chi connectivity index (χ3v) is 3.14. The summed E-state index contributed by atoms with van der Waals surface area (Å²) in [5.74, 6) is 0. The van der Waals surface area contributed by atoms with Crippen molar-refractivity contribution in [2.75, 3.05) is 5.32 Å². The summed E-state index contributed by atoms with van der Waals surface area (Å²) in [7, 11) is 0. The van der Waals surface area contributed by atoms with Crippen LogP contribution in [0.3, 0.4) is 0 Å². The van der Waals surface area contributed by atoms with E-state index in [1.54, 1.807) is 6.20 Å². The molecule has 0 atom stereocenters. The number of halogens is 1. The van der Waals surface area contributed by atoms with Gasteiger partial charge in [0.1, 0.15) is 4.47 Å². The van der Waals surface area contributed by atoms with Crippen molar-refractivity contribution in [2.45, 2.75) is 38.8 Å². The van der Waals surface area contributed by atoms with Gasteiger partial charge >= 0.3 is 0 Å². The lowest BCUT2D eigenvalue weighted by Crippen LogP contribution is -2.26. The molecule has 1 fully saturated rings. The number of rotatable bonds is 3. The second kappa shape index (κ2) is 3.96. The van der Waals surface area contributed by atoms with Gasteiger partial charge in [-0.1, -0.05) is 0 Å². The van der Waals surface area contributed by atoms with E-state index in [4.69, 9.17) is 0 Å². The molecule has 15 heavy (non-hydrogen) atoms. The fourth-order valence-electron chi connectivity index (χ4n) is 1.36. The highest BCUT2D eigenvalue weighted by molar-refractivity contribution is 9.10. The monoisotopic (exact) mass is 271 g/mol. The van der Waals surface area contributed by atoms with Crippen LogP contribution in [0.2, 0.25) is 0 Å². The zero-order valence-electron chi connectivity index (χ0n) is 8.83. The number of anilines is 1. The van der Waals surface area contributed by atoms with Crippen LogP contribution in [0.25, 0.3) is 0 Å². The Morgan fingerprint density at radius 1 is 1.60 bits per heavy atom. The van der Waals surface area contributed by atoms with Gasteiger partial charge in [-0.05, 0) is 42.6 Å². The molecule has 1 N–H and O–H groups in total. The first-order valence-corrected chi connectivity index (χ1v) is 5.92.